The number of aliphatic hydroxyl groups excluding tert-OH is 1. The van der Waals surface area contributed by atoms with Gasteiger partial charge in [-0.25, -0.2) is 8.78 Å². The van der Waals surface area contributed by atoms with Crippen molar-refractivity contribution in [3.05, 3.63) is 78.0 Å². The number of nitrogens with zero attached hydrogens (tertiary/aromatic N) is 5. The number of hydrogen-bond donors (Lipinski definition) is 1. The standard InChI is InChI=1S/C34H37F2N5O5/c35-34(36)6-11-41(12-7-34)26-4-8-38-30(20-26)31(43)19-25-2-3-27(22-39-25)46-32-5-9-37-29-21-33(24(23-42)18-28(29)32)45-15-1-10-40-13-16-44-17-14-40/h2-5,8-9,18,20-22,42H,1,6-7,10-17,19,23H2. The fraction of sp³-hybridized carbons (Fsp3) is 0.412. The van der Waals surface area contributed by atoms with Gasteiger partial charge in [0, 0.05) is 86.4 Å². The van der Waals surface area contributed by atoms with E-state index in [1.165, 1.54) is 6.20 Å². The van der Waals surface area contributed by atoms with Gasteiger partial charge >= 0.3 is 0 Å². The molecule has 242 valence electrons. The van der Waals surface area contributed by atoms with Gasteiger partial charge in [-0.2, -0.15) is 0 Å². The maximum atomic E-state index is 13.6. The molecule has 0 saturated carbocycles. The van der Waals surface area contributed by atoms with Crippen molar-refractivity contribution in [3.63, 3.8) is 0 Å². The zero-order valence-electron chi connectivity index (χ0n) is 25.5. The zero-order chi connectivity index (χ0) is 31.9. The van der Waals surface area contributed by atoms with Crippen molar-refractivity contribution in [3.8, 4) is 17.2 Å². The summed E-state index contributed by atoms with van der Waals surface area (Å²) in [5, 5.41) is 10.8. The summed E-state index contributed by atoms with van der Waals surface area (Å²) >= 11 is 0. The number of Topliss-reactive ketones (excluding diaryl/α,β-unsaturated/α-hetero) is 1. The number of ether oxygens (including phenoxy) is 3. The van der Waals surface area contributed by atoms with Crippen LogP contribution in [0.4, 0.5) is 14.5 Å². The number of pyridine rings is 3. The zero-order valence-corrected chi connectivity index (χ0v) is 25.5. The molecule has 6 rings (SSSR count). The third-order valence-electron chi connectivity index (χ3n) is 8.29. The number of aromatic nitrogens is 3. The summed E-state index contributed by atoms with van der Waals surface area (Å²) in [6.45, 7) is 5.10. The molecule has 0 bridgehead atoms. The van der Waals surface area contributed by atoms with Gasteiger partial charge in [0.25, 0.3) is 5.92 Å². The second-order valence-corrected chi connectivity index (χ2v) is 11.5. The number of morpholine rings is 1. The molecular weight excluding hydrogens is 596 g/mol. The number of aliphatic hydroxyl groups is 1. The molecule has 5 heterocycles. The van der Waals surface area contributed by atoms with Crippen LogP contribution in [-0.2, 0) is 17.8 Å². The fourth-order valence-corrected chi connectivity index (χ4v) is 5.65. The molecule has 1 N–H and O–H groups in total. The molecule has 2 aliphatic heterocycles. The summed E-state index contributed by atoms with van der Waals surface area (Å²) in [5.41, 5.74) is 2.82. The van der Waals surface area contributed by atoms with E-state index in [1.807, 2.05) is 17.0 Å². The van der Waals surface area contributed by atoms with E-state index < -0.39 is 5.92 Å². The molecule has 2 aliphatic rings. The summed E-state index contributed by atoms with van der Waals surface area (Å²) in [6, 6.07) is 12.2. The molecule has 4 aromatic rings. The Morgan fingerprint density at radius 1 is 0.957 bits per heavy atom. The molecule has 10 nitrogen and oxygen atoms in total. The third kappa shape index (κ3) is 7.93. The highest BCUT2D eigenvalue weighted by Gasteiger charge is 2.34. The lowest BCUT2D eigenvalue weighted by atomic mass is 10.1. The summed E-state index contributed by atoms with van der Waals surface area (Å²) < 4.78 is 44.7. The maximum absolute atomic E-state index is 13.6. The maximum Gasteiger partial charge on any atom is 0.251 e. The van der Waals surface area contributed by atoms with E-state index >= 15 is 0 Å². The SMILES string of the molecule is O=C(Cc1ccc(Oc2ccnc3cc(OCCCN4CCOCC4)c(CO)cc23)cn1)c1cc(N2CCC(F)(F)CC2)ccn1. The van der Waals surface area contributed by atoms with Crippen molar-refractivity contribution in [1.29, 1.82) is 0 Å². The first-order valence-electron chi connectivity index (χ1n) is 15.6. The van der Waals surface area contributed by atoms with Crippen molar-refractivity contribution in [2.45, 2.75) is 38.2 Å². The number of piperidine rings is 1. The van der Waals surface area contributed by atoms with Gasteiger partial charge in [0.1, 0.15) is 22.9 Å². The van der Waals surface area contributed by atoms with Gasteiger partial charge in [-0.1, -0.05) is 0 Å². The quantitative estimate of drug-likeness (QED) is 0.168. The van der Waals surface area contributed by atoms with E-state index in [-0.39, 0.29) is 50.4 Å². The fourth-order valence-electron chi connectivity index (χ4n) is 5.65. The van der Waals surface area contributed by atoms with Gasteiger partial charge < -0.3 is 24.2 Å². The van der Waals surface area contributed by atoms with E-state index in [2.05, 4.69) is 19.9 Å². The molecule has 0 aliphatic carbocycles. The van der Waals surface area contributed by atoms with Gasteiger partial charge in [0.2, 0.25) is 0 Å². The number of hydrogen-bond acceptors (Lipinski definition) is 10. The number of carbonyl (C=O) groups is 1. The Bertz CT molecular complexity index is 1640. The lowest BCUT2D eigenvalue weighted by Gasteiger charge is -2.33. The Kier molecular flexibility index (Phi) is 9.96. The van der Waals surface area contributed by atoms with Crippen LogP contribution in [0.3, 0.4) is 0 Å². The smallest absolute Gasteiger partial charge is 0.251 e. The molecule has 46 heavy (non-hydrogen) atoms. The average molecular weight is 634 g/mol. The molecular formula is C34H37F2N5O5. The minimum absolute atomic E-state index is 0.0298. The Morgan fingerprint density at radius 3 is 2.52 bits per heavy atom. The number of rotatable bonds is 12. The number of ketones is 1. The number of alkyl halides is 2. The van der Waals surface area contributed by atoms with Crippen molar-refractivity contribution < 1.29 is 32.9 Å². The van der Waals surface area contributed by atoms with Gasteiger partial charge in [0.15, 0.2) is 5.78 Å². The van der Waals surface area contributed by atoms with Crippen LogP contribution in [0.15, 0.2) is 61.1 Å². The predicted octanol–water partition coefficient (Wildman–Crippen LogP) is 5.07. The highest BCUT2D eigenvalue weighted by Crippen LogP contribution is 2.34. The van der Waals surface area contributed by atoms with Gasteiger partial charge in [-0.05, 0) is 42.8 Å². The molecule has 1 aromatic carbocycles. The van der Waals surface area contributed by atoms with E-state index in [4.69, 9.17) is 14.2 Å². The van der Waals surface area contributed by atoms with Gasteiger partial charge in [-0.3, -0.25) is 24.6 Å². The summed E-state index contributed by atoms with van der Waals surface area (Å²) in [6.07, 6.45) is 5.20. The largest absolute Gasteiger partial charge is 0.493 e. The van der Waals surface area contributed by atoms with Crippen molar-refractivity contribution in [2.75, 3.05) is 57.4 Å². The van der Waals surface area contributed by atoms with E-state index in [0.717, 1.165) is 44.7 Å². The molecule has 0 radical (unpaired) electrons. The van der Waals surface area contributed by atoms with E-state index in [1.54, 1.807) is 42.7 Å². The molecule has 2 saturated heterocycles. The summed E-state index contributed by atoms with van der Waals surface area (Å²) in [4.78, 5) is 30.3. The van der Waals surface area contributed by atoms with Crippen LogP contribution in [0.5, 0.6) is 17.2 Å². The number of carbonyl (C=O) groups excluding carboxylic acids is 1. The van der Waals surface area contributed by atoms with Crippen LogP contribution < -0.4 is 14.4 Å². The minimum atomic E-state index is -2.64. The molecule has 0 atom stereocenters. The second kappa shape index (κ2) is 14.4. The molecule has 12 heteroatoms. The van der Waals surface area contributed by atoms with Gasteiger partial charge in [-0.15, -0.1) is 0 Å². The number of anilines is 1. The van der Waals surface area contributed by atoms with Crippen LogP contribution >= 0.6 is 0 Å². The monoisotopic (exact) mass is 633 g/mol. The minimum Gasteiger partial charge on any atom is -0.493 e. The van der Waals surface area contributed by atoms with Crippen LogP contribution in [0, 0.1) is 0 Å². The first-order chi connectivity index (χ1) is 22.4. The third-order valence-corrected chi connectivity index (χ3v) is 8.29. The Labute approximate surface area is 265 Å². The lowest BCUT2D eigenvalue weighted by Crippen LogP contribution is -2.39. The lowest BCUT2D eigenvalue weighted by molar-refractivity contribution is -0.0220. The molecule has 0 spiro atoms. The summed E-state index contributed by atoms with van der Waals surface area (Å²) in [7, 11) is 0. The number of fused-ring (bicyclic) bond motifs is 1. The number of benzene rings is 1. The molecule has 3 aromatic heterocycles. The van der Waals surface area contributed by atoms with Crippen LogP contribution in [0.25, 0.3) is 10.9 Å². The number of halogens is 2. The predicted molar refractivity (Wildman–Crippen MR) is 168 cm³/mol. The first kappa shape index (κ1) is 31.7. The highest BCUT2D eigenvalue weighted by molar-refractivity contribution is 5.96. The van der Waals surface area contributed by atoms with E-state index in [9.17, 15) is 18.7 Å². The van der Waals surface area contributed by atoms with Gasteiger partial charge in [0.05, 0.1) is 44.6 Å². The Morgan fingerprint density at radius 2 is 1.76 bits per heavy atom. The van der Waals surface area contributed by atoms with Crippen LogP contribution in [0.1, 0.15) is 41.0 Å². The normalized spacial score (nSPS) is 16.8. The molecule has 0 amide bonds. The first-order valence-corrected chi connectivity index (χ1v) is 15.6. The van der Waals surface area contributed by atoms with Crippen molar-refractivity contribution in [2.24, 2.45) is 0 Å². The Hall–Kier alpha value is -4.26. The Balaban J connectivity index is 1.07. The molecule has 2 fully saturated rings. The van der Waals surface area contributed by atoms with Crippen LogP contribution in [-0.4, -0.2) is 89.2 Å². The molecule has 0 unspecified atom stereocenters. The average Bonchev–Trinajstić information content (AvgIpc) is 3.08. The topological polar surface area (TPSA) is 110 Å². The van der Waals surface area contributed by atoms with Crippen molar-refractivity contribution in [1.82, 2.24) is 19.9 Å². The second-order valence-electron chi connectivity index (χ2n) is 11.5. The van der Waals surface area contributed by atoms with E-state index in [0.29, 0.717) is 46.3 Å². The highest BCUT2D eigenvalue weighted by atomic mass is 19.3. The summed E-state index contributed by atoms with van der Waals surface area (Å²) in [5.74, 6) is -1.26. The van der Waals surface area contributed by atoms with Crippen molar-refractivity contribution >= 4 is 22.4 Å². The van der Waals surface area contributed by atoms with Crippen LogP contribution in [0.2, 0.25) is 0 Å².